The molecule has 0 saturated carbocycles. The highest BCUT2D eigenvalue weighted by Crippen LogP contribution is 2.15. The molecular formula is C11H11N2. The summed E-state index contributed by atoms with van der Waals surface area (Å²) < 4.78 is 1.97. The van der Waals surface area contributed by atoms with Crippen molar-refractivity contribution < 1.29 is 0 Å². The van der Waals surface area contributed by atoms with Crippen molar-refractivity contribution in [1.29, 1.82) is 0 Å². The minimum absolute atomic E-state index is 0.309. The lowest BCUT2D eigenvalue weighted by atomic mass is 10.1. The number of hydrogen-bond donors (Lipinski definition) is 0. The zero-order valence-electron chi connectivity index (χ0n) is 7.51. The van der Waals surface area contributed by atoms with Crippen molar-refractivity contribution in [3.63, 3.8) is 0 Å². The molecule has 65 valence electrons. The summed E-state index contributed by atoms with van der Waals surface area (Å²) in [5, 5.41) is 0. The van der Waals surface area contributed by atoms with E-state index in [1.165, 1.54) is 5.56 Å². The molecule has 1 radical (unpaired) electrons. The molecule has 13 heavy (non-hydrogen) atoms. The summed E-state index contributed by atoms with van der Waals surface area (Å²) in [4.78, 5) is 3.91. The van der Waals surface area contributed by atoms with E-state index in [2.05, 4.69) is 30.4 Å². The molecule has 0 aliphatic heterocycles. The zero-order chi connectivity index (χ0) is 9.10. The molecule has 0 amide bonds. The van der Waals surface area contributed by atoms with Crippen LogP contribution in [0.4, 0.5) is 0 Å². The third-order valence-corrected chi connectivity index (χ3v) is 2.17. The van der Waals surface area contributed by atoms with E-state index in [9.17, 15) is 0 Å². The fourth-order valence-electron chi connectivity index (χ4n) is 1.35. The predicted octanol–water partition coefficient (Wildman–Crippen LogP) is 2.29. The van der Waals surface area contributed by atoms with Crippen LogP contribution in [-0.2, 0) is 0 Å². The average Bonchev–Trinajstić information content (AvgIpc) is 2.71. The topological polar surface area (TPSA) is 17.8 Å². The predicted molar refractivity (Wildman–Crippen MR) is 51.3 cm³/mol. The first-order valence-corrected chi connectivity index (χ1v) is 4.33. The van der Waals surface area contributed by atoms with Crippen LogP contribution in [0.1, 0.15) is 18.5 Å². The maximum atomic E-state index is 3.91. The first-order chi connectivity index (χ1) is 6.38. The van der Waals surface area contributed by atoms with Crippen molar-refractivity contribution in [1.82, 2.24) is 9.55 Å². The highest BCUT2D eigenvalue weighted by Gasteiger charge is 2.05. The Hall–Kier alpha value is -1.57. The lowest BCUT2D eigenvalue weighted by Gasteiger charge is -2.12. The van der Waals surface area contributed by atoms with E-state index >= 15 is 0 Å². The van der Waals surface area contributed by atoms with E-state index in [1.807, 2.05) is 29.0 Å². The Morgan fingerprint density at radius 3 is 2.69 bits per heavy atom. The maximum absolute atomic E-state index is 3.91. The molecule has 2 heteroatoms. The molecule has 0 fully saturated rings. The fraction of sp³-hybridized carbons (Fsp3) is 0.182. The van der Waals surface area contributed by atoms with Gasteiger partial charge >= 0.3 is 0 Å². The number of imidazole rings is 1. The van der Waals surface area contributed by atoms with Crippen molar-refractivity contribution in [3.8, 4) is 0 Å². The SMILES string of the molecule is CC(c1ccccc1)n1[c]ncc1. The summed E-state index contributed by atoms with van der Waals surface area (Å²) in [5.41, 5.74) is 1.27. The molecule has 1 unspecified atom stereocenters. The van der Waals surface area contributed by atoms with E-state index in [0.29, 0.717) is 6.04 Å². The second-order valence-electron chi connectivity index (χ2n) is 3.02. The Labute approximate surface area is 77.9 Å². The van der Waals surface area contributed by atoms with Crippen molar-refractivity contribution >= 4 is 0 Å². The molecular weight excluding hydrogens is 160 g/mol. The molecule has 1 heterocycles. The molecule has 0 aliphatic rings. The monoisotopic (exact) mass is 171 g/mol. The largest absolute Gasteiger partial charge is 0.321 e. The molecule has 0 spiro atoms. The van der Waals surface area contributed by atoms with Gasteiger partial charge < -0.3 is 4.57 Å². The molecule has 0 bridgehead atoms. The highest BCUT2D eigenvalue weighted by molar-refractivity contribution is 5.18. The number of benzene rings is 1. The van der Waals surface area contributed by atoms with Crippen LogP contribution in [0.25, 0.3) is 0 Å². The average molecular weight is 171 g/mol. The van der Waals surface area contributed by atoms with E-state index < -0.39 is 0 Å². The van der Waals surface area contributed by atoms with Crippen LogP contribution >= 0.6 is 0 Å². The lowest BCUT2D eigenvalue weighted by molar-refractivity contribution is 0.634. The summed E-state index contributed by atoms with van der Waals surface area (Å²) in [5.74, 6) is 0. The van der Waals surface area contributed by atoms with Crippen molar-refractivity contribution in [3.05, 3.63) is 54.6 Å². The van der Waals surface area contributed by atoms with Gasteiger partial charge in [-0.25, -0.2) is 4.98 Å². The number of hydrogen-bond acceptors (Lipinski definition) is 1. The summed E-state index contributed by atoms with van der Waals surface area (Å²) in [7, 11) is 0. The van der Waals surface area contributed by atoms with Crippen molar-refractivity contribution in [2.45, 2.75) is 13.0 Å². The number of aromatic nitrogens is 2. The van der Waals surface area contributed by atoms with E-state index in [0.717, 1.165) is 0 Å². The first kappa shape index (κ1) is 8.05. The van der Waals surface area contributed by atoms with Crippen LogP contribution in [0.5, 0.6) is 0 Å². The highest BCUT2D eigenvalue weighted by atomic mass is 15.0. The summed E-state index contributed by atoms with van der Waals surface area (Å²) in [6.45, 7) is 2.13. The van der Waals surface area contributed by atoms with E-state index in [4.69, 9.17) is 0 Å². The molecule has 0 saturated heterocycles. The van der Waals surface area contributed by atoms with Crippen LogP contribution in [0.15, 0.2) is 42.7 Å². The summed E-state index contributed by atoms with van der Waals surface area (Å²) in [6.07, 6.45) is 6.58. The minimum atomic E-state index is 0.309. The molecule has 0 aliphatic carbocycles. The van der Waals surface area contributed by atoms with Gasteiger partial charge in [0.1, 0.15) is 0 Å². The van der Waals surface area contributed by atoms with Crippen molar-refractivity contribution in [2.75, 3.05) is 0 Å². The van der Waals surface area contributed by atoms with Gasteiger partial charge in [-0.2, -0.15) is 0 Å². The molecule has 1 aromatic carbocycles. The Bertz CT molecular complexity index is 351. The fourth-order valence-corrected chi connectivity index (χ4v) is 1.35. The van der Waals surface area contributed by atoms with Crippen LogP contribution in [0.3, 0.4) is 0 Å². The minimum Gasteiger partial charge on any atom is -0.321 e. The van der Waals surface area contributed by atoms with Crippen molar-refractivity contribution in [2.24, 2.45) is 0 Å². The van der Waals surface area contributed by atoms with Gasteiger partial charge in [-0.05, 0) is 12.5 Å². The zero-order valence-corrected chi connectivity index (χ0v) is 7.51. The number of rotatable bonds is 2. The molecule has 2 rings (SSSR count). The Morgan fingerprint density at radius 1 is 1.31 bits per heavy atom. The van der Waals surface area contributed by atoms with Crippen LogP contribution in [0, 0.1) is 6.33 Å². The number of nitrogens with zero attached hydrogens (tertiary/aromatic N) is 2. The molecule has 0 N–H and O–H groups in total. The normalized spacial score (nSPS) is 12.7. The Kier molecular flexibility index (Phi) is 2.13. The molecule has 2 nitrogen and oxygen atoms in total. The summed E-state index contributed by atoms with van der Waals surface area (Å²) >= 11 is 0. The Morgan fingerprint density at radius 2 is 2.08 bits per heavy atom. The summed E-state index contributed by atoms with van der Waals surface area (Å²) in [6, 6.07) is 10.6. The Balaban J connectivity index is 2.29. The third kappa shape index (κ3) is 1.61. The second-order valence-corrected chi connectivity index (χ2v) is 3.02. The van der Waals surface area contributed by atoms with E-state index in [1.54, 1.807) is 6.20 Å². The van der Waals surface area contributed by atoms with Gasteiger partial charge in [-0.3, -0.25) is 0 Å². The molecule has 1 atom stereocenters. The third-order valence-electron chi connectivity index (χ3n) is 2.17. The smallest absolute Gasteiger partial charge is 0.177 e. The van der Waals surface area contributed by atoms with Gasteiger partial charge in [0, 0.05) is 12.4 Å². The van der Waals surface area contributed by atoms with Crippen LogP contribution in [-0.4, -0.2) is 9.55 Å². The van der Waals surface area contributed by atoms with Gasteiger partial charge in [0.05, 0.1) is 6.04 Å². The second kappa shape index (κ2) is 3.44. The standard InChI is InChI=1S/C11H11N2/c1-10(13-8-7-12-9-13)11-5-3-2-4-6-11/h2-8,10H,1H3. The molecule has 2 aromatic rings. The van der Waals surface area contributed by atoms with Crippen LogP contribution < -0.4 is 0 Å². The first-order valence-electron chi connectivity index (χ1n) is 4.33. The van der Waals surface area contributed by atoms with Gasteiger partial charge in [0.25, 0.3) is 0 Å². The van der Waals surface area contributed by atoms with Gasteiger partial charge in [-0.15, -0.1) is 0 Å². The van der Waals surface area contributed by atoms with E-state index in [-0.39, 0.29) is 0 Å². The maximum Gasteiger partial charge on any atom is 0.177 e. The van der Waals surface area contributed by atoms with Gasteiger partial charge in [0.15, 0.2) is 6.33 Å². The van der Waals surface area contributed by atoms with Gasteiger partial charge in [0.2, 0.25) is 0 Å². The van der Waals surface area contributed by atoms with Crippen LogP contribution in [0.2, 0.25) is 0 Å². The lowest BCUT2D eigenvalue weighted by Crippen LogP contribution is -2.03. The molecule has 1 aromatic heterocycles. The quantitative estimate of drug-likeness (QED) is 0.677. The van der Waals surface area contributed by atoms with Gasteiger partial charge in [-0.1, -0.05) is 30.3 Å².